The lowest BCUT2D eigenvalue weighted by Gasteiger charge is -2.57. The highest BCUT2D eigenvalue weighted by molar-refractivity contribution is 7.86. The standard InChI is InChI=1S/C15H25N3O3S/c16-22(20,21)18-3-1-17(2-4-18)14(19)15-8-11-5-12(9-15)7-13(6-11)10-15/h11-13H,1-10H2,(H2,16,20,21). The Hall–Kier alpha value is -0.660. The molecule has 0 spiro atoms. The van der Waals surface area contributed by atoms with Gasteiger partial charge in [0.2, 0.25) is 5.91 Å². The van der Waals surface area contributed by atoms with E-state index in [9.17, 15) is 13.2 Å². The van der Waals surface area contributed by atoms with Crippen LogP contribution < -0.4 is 5.14 Å². The lowest BCUT2D eigenvalue weighted by Crippen LogP contribution is -2.59. The third-order valence-corrected chi connectivity index (χ3v) is 7.46. The van der Waals surface area contributed by atoms with Crippen LogP contribution in [0.5, 0.6) is 0 Å². The molecule has 7 heteroatoms. The molecule has 4 saturated carbocycles. The molecule has 0 aromatic carbocycles. The second-order valence-corrected chi connectivity index (χ2v) is 9.48. The topological polar surface area (TPSA) is 83.7 Å². The van der Waals surface area contributed by atoms with Crippen molar-refractivity contribution in [1.29, 1.82) is 0 Å². The number of rotatable bonds is 2. The van der Waals surface area contributed by atoms with E-state index >= 15 is 0 Å². The fourth-order valence-electron chi connectivity index (χ4n) is 5.85. The van der Waals surface area contributed by atoms with E-state index in [0.29, 0.717) is 32.1 Å². The van der Waals surface area contributed by atoms with Crippen LogP contribution in [0.3, 0.4) is 0 Å². The molecule has 1 saturated heterocycles. The molecule has 4 bridgehead atoms. The predicted octanol–water partition coefficient (Wildman–Crippen LogP) is 0.551. The van der Waals surface area contributed by atoms with Gasteiger partial charge in [-0.1, -0.05) is 0 Å². The molecule has 6 nitrogen and oxygen atoms in total. The van der Waals surface area contributed by atoms with E-state index < -0.39 is 10.2 Å². The van der Waals surface area contributed by atoms with Crippen LogP contribution in [0.2, 0.25) is 0 Å². The smallest absolute Gasteiger partial charge is 0.277 e. The predicted molar refractivity (Wildman–Crippen MR) is 81.9 cm³/mol. The quantitative estimate of drug-likeness (QED) is 0.804. The van der Waals surface area contributed by atoms with Crippen LogP contribution in [-0.2, 0) is 15.0 Å². The Bertz CT molecular complexity index is 546. The summed E-state index contributed by atoms with van der Waals surface area (Å²) in [7, 11) is -3.62. The van der Waals surface area contributed by atoms with E-state index in [1.54, 1.807) is 0 Å². The Morgan fingerprint density at radius 3 is 1.77 bits per heavy atom. The third-order valence-electron chi connectivity index (χ3n) is 6.38. The average molecular weight is 327 g/mol. The Labute approximate surface area is 132 Å². The summed E-state index contributed by atoms with van der Waals surface area (Å²) in [5.74, 6) is 2.54. The second-order valence-electron chi connectivity index (χ2n) is 7.93. The van der Waals surface area contributed by atoms with Gasteiger partial charge in [0.1, 0.15) is 0 Å². The molecule has 0 radical (unpaired) electrons. The van der Waals surface area contributed by atoms with E-state index in [1.807, 2.05) is 4.90 Å². The van der Waals surface area contributed by atoms with E-state index in [4.69, 9.17) is 5.14 Å². The molecule has 0 aromatic rings. The Balaban J connectivity index is 1.47. The van der Waals surface area contributed by atoms with Gasteiger partial charge < -0.3 is 4.90 Å². The zero-order chi connectivity index (χ0) is 15.5. The van der Waals surface area contributed by atoms with Crippen molar-refractivity contribution in [2.45, 2.75) is 38.5 Å². The zero-order valence-corrected chi connectivity index (χ0v) is 13.7. The first-order valence-corrected chi connectivity index (χ1v) is 9.93. The fourth-order valence-corrected chi connectivity index (χ4v) is 6.53. The highest BCUT2D eigenvalue weighted by Crippen LogP contribution is 2.60. The molecule has 1 heterocycles. The normalized spacial score (nSPS) is 41.9. The first kappa shape index (κ1) is 14.9. The molecule has 0 aromatic heterocycles. The van der Waals surface area contributed by atoms with Gasteiger partial charge in [0.15, 0.2) is 0 Å². The van der Waals surface area contributed by atoms with Crippen molar-refractivity contribution in [3.63, 3.8) is 0 Å². The third kappa shape index (κ3) is 2.37. The molecular weight excluding hydrogens is 302 g/mol. The van der Waals surface area contributed by atoms with Gasteiger partial charge in [0.25, 0.3) is 10.2 Å². The van der Waals surface area contributed by atoms with Crippen LogP contribution in [0.15, 0.2) is 0 Å². The number of carbonyl (C=O) groups excluding carboxylic acids is 1. The van der Waals surface area contributed by atoms with E-state index in [0.717, 1.165) is 37.0 Å². The van der Waals surface area contributed by atoms with Crippen molar-refractivity contribution in [2.24, 2.45) is 28.3 Å². The van der Waals surface area contributed by atoms with Gasteiger partial charge in [-0.15, -0.1) is 0 Å². The summed E-state index contributed by atoms with van der Waals surface area (Å²) in [5.41, 5.74) is -0.126. The summed E-state index contributed by atoms with van der Waals surface area (Å²) in [6.45, 7) is 1.63. The van der Waals surface area contributed by atoms with Crippen LogP contribution in [0.1, 0.15) is 38.5 Å². The summed E-state index contributed by atoms with van der Waals surface area (Å²) in [6.07, 6.45) is 7.16. The van der Waals surface area contributed by atoms with Crippen molar-refractivity contribution >= 4 is 16.1 Å². The van der Waals surface area contributed by atoms with Gasteiger partial charge in [-0.25, -0.2) is 5.14 Å². The largest absolute Gasteiger partial charge is 0.340 e. The molecule has 1 amide bonds. The Morgan fingerprint density at radius 1 is 0.909 bits per heavy atom. The van der Waals surface area contributed by atoms with Crippen LogP contribution in [0, 0.1) is 23.2 Å². The molecule has 0 atom stereocenters. The lowest BCUT2D eigenvalue weighted by atomic mass is 9.49. The maximum Gasteiger partial charge on any atom is 0.277 e. The minimum atomic E-state index is -3.62. The van der Waals surface area contributed by atoms with Gasteiger partial charge in [0, 0.05) is 26.2 Å². The van der Waals surface area contributed by atoms with Gasteiger partial charge in [-0.3, -0.25) is 4.79 Å². The molecule has 22 heavy (non-hydrogen) atoms. The number of piperazine rings is 1. The van der Waals surface area contributed by atoms with Gasteiger partial charge in [0.05, 0.1) is 5.41 Å². The minimum absolute atomic E-state index is 0.126. The summed E-state index contributed by atoms with van der Waals surface area (Å²) in [6, 6.07) is 0. The summed E-state index contributed by atoms with van der Waals surface area (Å²) in [5, 5.41) is 5.17. The number of hydrogen-bond acceptors (Lipinski definition) is 3. The molecular formula is C15H25N3O3S. The maximum absolute atomic E-state index is 13.1. The van der Waals surface area contributed by atoms with Crippen molar-refractivity contribution < 1.29 is 13.2 Å². The van der Waals surface area contributed by atoms with Crippen LogP contribution in [-0.4, -0.2) is 49.7 Å². The zero-order valence-electron chi connectivity index (χ0n) is 12.9. The molecule has 5 fully saturated rings. The Kier molecular flexibility index (Phi) is 3.33. The molecule has 1 aliphatic heterocycles. The first-order valence-electron chi connectivity index (χ1n) is 8.43. The molecule has 0 unspecified atom stereocenters. The van der Waals surface area contributed by atoms with Crippen molar-refractivity contribution in [2.75, 3.05) is 26.2 Å². The molecule has 4 aliphatic carbocycles. The minimum Gasteiger partial charge on any atom is -0.340 e. The molecule has 5 rings (SSSR count). The van der Waals surface area contributed by atoms with E-state index in [2.05, 4.69) is 0 Å². The summed E-state index contributed by atoms with van der Waals surface area (Å²) in [4.78, 5) is 15.0. The van der Waals surface area contributed by atoms with Crippen molar-refractivity contribution in [1.82, 2.24) is 9.21 Å². The van der Waals surface area contributed by atoms with Crippen LogP contribution >= 0.6 is 0 Å². The van der Waals surface area contributed by atoms with Gasteiger partial charge in [-0.05, 0) is 56.3 Å². The first-order chi connectivity index (χ1) is 10.4. The highest BCUT2D eigenvalue weighted by Gasteiger charge is 2.55. The number of amides is 1. The maximum atomic E-state index is 13.1. The number of hydrogen-bond donors (Lipinski definition) is 1. The van der Waals surface area contributed by atoms with Crippen molar-refractivity contribution in [3.8, 4) is 0 Å². The number of carbonyl (C=O) groups is 1. The van der Waals surface area contributed by atoms with E-state index in [1.165, 1.54) is 23.6 Å². The number of nitrogens with zero attached hydrogens (tertiary/aromatic N) is 2. The van der Waals surface area contributed by atoms with Crippen molar-refractivity contribution in [3.05, 3.63) is 0 Å². The Morgan fingerprint density at radius 2 is 1.36 bits per heavy atom. The summed E-state index contributed by atoms with van der Waals surface area (Å²) < 4.78 is 24.0. The van der Waals surface area contributed by atoms with Gasteiger partial charge in [-0.2, -0.15) is 12.7 Å². The fraction of sp³-hybridized carbons (Fsp3) is 0.933. The molecule has 2 N–H and O–H groups in total. The van der Waals surface area contributed by atoms with E-state index in [-0.39, 0.29) is 5.41 Å². The SMILES string of the molecule is NS(=O)(=O)N1CCN(C(=O)C23CC4CC(CC(C4)C2)C3)CC1. The summed E-state index contributed by atoms with van der Waals surface area (Å²) >= 11 is 0. The monoisotopic (exact) mass is 327 g/mol. The lowest BCUT2D eigenvalue weighted by molar-refractivity contribution is -0.158. The van der Waals surface area contributed by atoms with Gasteiger partial charge >= 0.3 is 0 Å². The highest BCUT2D eigenvalue weighted by atomic mass is 32.2. The average Bonchev–Trinajstić information content (AvgIpc) is 2.44. The second kappa shape index (κ2) is 4.92. The molecule has 124 valence electrons. The molecule has 5 aliphatic rings. The van der Waals surface area contributed by atoms with Crippen LogP contribution in [0.25, 0.3) is 0 Å². The number of nitrogens with two attached hydrogens (primary N) is 1. The van der Waals surface area contributed by atoms with Crippen LogP contribution in [0.4, 0.5) is 0 Å².